The van der Waals surface area contributed by atoms with Crippen LogP contribution in [0.1, 0.15) is 19.8 Å². The summed E-state index contributed by atoms with van der Waals surface area (Å²) in [6.45, 7) is 3.11. The molecule has 0 amide bonds. The van der Waals surface area contributed by atoms with Crippen molar-refractivity contribution in [2.24, 2.45) is 0 Å². The number of rotatable bonds is 2. The summed E-state index contributed by atoms with van der Waals surface area (Å²) < 4.78 is 0.941. The molecule has 0 aromatic rings. The standard InChI is InChI=1S/C9H18N/c1-5-6-7-8-9-10(2,3)4/h5-6,9H2,1-4H3/q+1. The van der Waals surface area contributed by atoms with Crippen molar-refractivity contribution in [3.8, 4) is 11.8 Å². The Balaban J connectivity index is 3.46. The quantitative estimate of drug-likeness (QED) is 0.403. The molecule has 0 radical (unpaired) electrons. The minimum Gasteiger partial charge on any atom is -0.321 e. The second-order valence-corrected chi connectivity index (χ2v) is 3.55. The molecule has 0 saturated heterocycles. The van der Waals surface area contributed by atoms with Crippen molar-refractivity contribution in [2.45, 2.75) is 19.8 Å². The van der Waals surface area contributed by atoms with Crippen LogP contribution in [0.5, 0.6) is 0 Å². The zero-order valence-corrected chi connectivity index (χ0v) is 7.57. The second kappa shape index (κ2) is 4.35. The van der Waals surface area contributed by atoms with Crippen molar-refractivity contribution in [3.05, 3.63) is 0 Å². The van der Waals surface area contributed by atoms with Crippen molar-refractivity contribution in [1.82, 2.24) is 0 Å². The molecule has 0 atom stereocenters. The van der Waals surface area contributed by atoms with Gasteiger partial charge in [-0.1, -0.05) is 12.8 Å². The van der Waals surface area contributed by atoms with E-state index in [0.717, 1.165) is 17.4 Å². The van der Waals surface area contributed by atoms with Gasteiger partial charge in [-0.05, 0) is 12.3 Å². The summed E-state index contributed by atoms with van der Waals surface area (Å²) in [7, 11) is 6.46. The molecule has 0 aliphatic rings. The van der Waals surface area contributed by atoms with Crippen LogP contribution in [0.3, 0.4) is 0 Å². The monoisotopic (exact) mass is 140 g/mol. The molecule has 1 heteroatoms. The molecule has 58 valence electrons. The Kier molecular flexibility index (Phi) is 4.14. The lowest BCUT2D eigenvalue weighted by molar-refractivity contribution is -0.862. The molecule has 0 aliphatic carbocycles. The maximum absolute atomic E-state index is 3.15. The predicted octanol–water partition coefficient (Wildman–Crippen LogP) is 1.50. The molecule has 0 rings (SSSR count). The van der Waals surface area contributed by atoms with E-state index in [2.05, 4.69) is 39.9 Å². The van der Waals surface area contributed by atoms with E-state index in [9.17, 15) is 0 Å². The number of nitrogens with zero attached hydrogens (tertiary/aromatic N) is 1. The van der Waals surface area contributed by atoms with Gasteiger partial charge in [-0.3, -0.25) is 0 Å². The lowest BCUT2D eigenvalue weighted by Gasteiger charge is -2.19. The maximum Gasteiger partial charge on any atom is 0.140 e. The zero-order valence-electron chi connectivity index (χ0n) is 7.57. The zero-order chi connectivity index (χ0) is 8.04. The van der Waals surface area contributed by atoms with Crippen LogP contribution in [0.25, 0.3) is 0 Å². The van der Waals surface area contributed by atoms with Crippen molar-refractivity contribution in [2.75, 3.05) is 27.7 Å². The average Bonchev–Trinajstić information content (AvgIpc) is 1.78. The van der Waals surface area contributed by atoms with Crippen LogP contribution in [0.2, 0.25) is 0 Å². The summed E-state index contributed by atoms with van der Waals surface area (Å²) in [6, 6.07) is 0. The third kappa shape index (κ3) is 7.52. The molecule has 0 aromatic heterocycles. The highest BCUT2D eigenvalue weighted by Gasteiger charge is 2.00. The Hall–Kier alpha value is -0.480. The molecule has 0 aliphatic heterocycles. The van der Waals surface area contributed by atoms with Gasteiger partial charge in [0.25, 0.3) is 0 Å². The largest absolute Gasteiger partial charge is 0.321 e. The molecule has 0 bridgehead atoms. The summed E-state index contributed by atoms with van der Waals surface area (Å²) in [5.74, 6) is 6.27. The number of hydrogen-bond acceptors (Lipinski definition) is 0. The second-order valence-electron chi connectivity index (χ2n) is 3.55. The van der Waals surface area contributed by atoms with Crippen molar-refractivity contribution < 1.29 is 4.48 Å². The fourth-order valence-corrected chi connectivity index (χ4v) is 0.506. The highest BCUT2D eigenvalue weighted by atomic mass is 15.3. The number of quaternary nitrogens is 1. The first-order valence-electron chi connectivity index (χ1n) is 3.82. The molecule has 0 aromatic carbocycles. The molecule has 10 heavy (non-hydrogen) atoms. The normalized spacial score (nSPS) is 10.4. The van der Waals surface area contributed by atoms with Gasteiger partial charge in [0, 0.05) is 6.42 Å². The first-order valence-corrected chi connectivity index (χ1v) is 3.82. The Labute approximate surface area is 64.6 Å². The first-order chi connectivity index (χ1) is 4.56. The van der Waals surface area contributed by atoms with Crippen molar-refractivity contribution in [3.63, 3.8) is 0 Å². The fraction of sp³-hybridized carbons (Fsp3) is 0.778. The van der Waals surface area contributed by atoms with E-state index in [1.807, 2.05) is 0 Å². The first kappa shape index (κ1) is 9.52. The lowest BCUT2D eigenvalue weighted by Crippen LogP contribution is -2.34. The molecule has 0 spiro atoms. The summed E-state index contributed by atoms with van der Waals surface area (Å²) in [5, 5.41) is 0. The van der Waals surface area contributed by atoms with Gasteiger partial charge in [-0.2, -0.15) is 0 Å². The van der Waals surface area contributed by atoms with E-state index >= 15 is 0 Å². The molecular formula is C9H18N+. The van der Waals surface area contributed by atoms with Crippen molar-refractivity contribution in [1.29, 1.82) is 0 Å². The number of unbranched alkanes of at least 4 members (excludes halogenated alkanes) is 1. The van der Waals surface area contributed by atoms with E-state index in [-0.39, 0.29) is 0 Å². The topological polar surface area (TPSA) is 0 Å². The Morgan fingerprint density at radius 1 is 1.10 bits per heavy atom. The van der Waals surface area contributed by atoms with E-state index in [4.69, 9.17) is 0 Å². The van der Waals surface area contributed by atoms with Crippen LogP contribution in [0.4, 0.5) is 0 Å². The molecule has 0 unspecified atom stereocenters. The van der Waals surface area contributed by atoms with Crippen LogP contribution >= 0.6 is 0 Å². The van der Waals surface area contributed by atoms with E-state index in [1.54, 1.807) is 0 Å². The van der Waals surface area contributed by atoms with Gasteiger partial charge in [0.1, 0.15) is 6.54 Å². The van der Waals surface area contributed by atoms with Gasteiger partial charge in [0.15, 0.2) is 0 Å². The van der Waals surface area contributed by atoms with Crippen LogP contribution in [0.15, 0.2) is 0 Å². The van der Waals surface area contributed by atoms with Gasteiger partial charge in [0.05, 0.1) is 21.1 Å². The average molecular weight is 140 g/mol. The number of hydrogen-bond donors (Lipinski definition) is 0. The Morgan fingerprint density at radius 3 is 2.10 bits per heavy atom. The summed E-state index contributed by atoms with van der Waals surface area (Å²) >= 11 is 0. The van der Waals surface area contributed by atoms with Gasteiger partial charge in [0.2, 0.25) is 0 Å². The lowest BCUT2D eigenvalue weighted by atomic mass is 10.3. The minimum absolute atomic E-state index is 0.941. The molecule has 0 saturated carbocycles. The summed E-state index contributed by atoms with van der Waals surface area (Å²) in [5.41, 5.74) is 0. The van der Waals surface area contributed by atoms with Crippen LogP contribution in [-0.2, 0) is 0 Å². The Bertz CT molecular complexity index is 131. The summed E-state index contributed by atoms with van der Waals surface area (Å²) in [4.78, 5) is 0. The van der Waals surface area contributed by atoms with Crippen molar-refractivity contribution >= 4 is 0 Å². The van der Waals surface area contributed by atoms with Crippen LogP contribution in [-0.4, -0.2) is 32.2 Å². The highest BCUT2D eigenvalue weighted by Crippen LogP contribution is 1.87. The third-order valence-electron chi connectivity index (χ3n) is 1.05. The molecule has 0 heterocycles. The van der Waals surface area contributed by atoms with Gasteiger partial charge >= 0.3 is 0 Å². The SMILES string of the molecule is CCCC#CC[N+](C)(C)C. The fourth-order valence-electron chi connectivity index (χ4n) is 0.506. The minimum atomic E-state index is 0.941. The van der Waals surface area contributed by atoms with Crippen LogP contribution in [0, 0.1) is 11.8 Å². The molecular weight excluding hydrogens is 122 g/mol. The van der Waals surface area contributed by atoms with Gasteiger partial charge < -0.3 is 4.48 Å². The van der Waals surface area contributed by atoms with Gasteiger partial charge in [-0.15, -0.1) is 0 Å². The summed E-state index contributed by atoms with van der Waals surface area (Å²) in [6.07, 6.45) is 2.21. The van der Waals surface area contributed by atoms with Crippen LogP contribution < -0.4 is 0 Å². The van der Waals surface area contributed by atoms with E-state index in [0.29, 0.717) is 0 Å². The predicted molar refractivity (Wildman–Crippen MR) is 45.6 cm³/mol. The maximum atomic E-state index is 3.15. The molecule has 0 N–H and O–H groups in total. The Morgan fingerprint density at radius 2 is 1.70 bits per heavy atom. The smallest absolute Gasteiger partial charge is 0.140 e. The van der Waals surface area contributed by atoms with Gasteiger partial charge in [-0.25, -0.2) is 0 Å². The molecule has 0 fully saturated rings. The van der Waals surface area contributed by atoms with E-state index in [1.165, 1.54) is 6.42 Å². The highest BCUT2D eigenvalue weighted by molar-refractivity contribution is 4.98. The third-order valence-corrected chi connectivity index (χ3v) is 1.05. The molecule has 1 nitrogen and oxygen atoms in total. The van der Waals surface area contributed by atoms with E-state index < -0.39 is 0 Å².